The number of esters is 2. The number of phosphoric ester groups is 2. The van der Waals surface area contributed by atoms with E-state index < -0.39 is 85.5 Å². The largest absolute Gasteiger partial charge is 0.472 e. The number of allylic oxidation sites excluding steroid dienone is 14. The maximum atomic E-state index is 12.1. The van der Waals surface area contributed by atoms with E-state index in [1.807, 2.05) is 54.7 Å². The van der Waals surface area contributed by atoms with Gasteiger partial charge in [0.05, 0.1) is 26.4 Å². The molecule has 17 heteroatoms. The van der Waals surface area contributed by atoms with E-state index in [0.717, 1.165) is 38.5 Å². The van der Waals surface area contributed by atoms with E-state index in [-0.39, 0.29) is 12.8 Å². The average molecular weight is 947 g/mol. The minimum Gasteiger partial charge on any atom is -0.463 e. The van der Waals surface area contributed by atoms with Crippen molar-refractivity contribution in [3.63, 3.8) is 0 Å². The van der Waals surface area contributed by atoms with Crippen LogP contribution in [0.4, 0.5) is 0 Å². The molecule has 0 aromatic carbocycles. The van der Waals surface area contributed by atoms with Gasteiger partial charge >= 0.3 is 27.6 Å². The molecule has 5 N–H and O–H groups in total. The van der Waals surface area contributed by atoms with Gasteiger partial charge in [0.2, 0.25) is 0 Å². The lowest BCUT2D eigenvalue weighted by Gasteiger charge is -2.19. The predicted molar refractivity (Wildman–Crippen MR) is 251 cm³/mol. The lowest BCUT2D eigenvalue weighted by Crippen LogP contribution is -2.25. The summed E-state index contributed by atoms with van der Waals surface area (Å²) in [6, 6.07) is 0. The fraction of sp³-hybridized carbons (Fsp3) is 0.660. The molecular formula is C47H80O15P2. The molecule has 0 aromatic rings. The monoisotopic (exact) mass is 946 g/mol. The van der Waals surface area contributed by atoms with Crippen LogP contribution in [0, 0.1) is 0 Å². The Hall–Kier alpha value is -2.78. The van der Waals surface area contributed by atoms with Gasteiger partial charge < -0.3 is 34.6 Å². The van der Waals surface area contributed by atoms with E-state index in [1.54, 1.807) is 0 Å². The maximum Gasteiger partial charge on any atom is 0.472 e. The molecule has 0 saturated carbocycles. The summed E-state index contributed by atoms with van der Waals surface area (Å²) in [4.78, 5) is 43.6. The van der Waals surface area contributed by atoms with E-state index in [4.69, 9.17) is 9.47 Å². The third-order valence-electron chi connectivity index (χ3n) is 8.96. The summed E-state index contributed by atoms with van der Waals surface area (Å²) >= 11 is 0. The Bertz CT molecular complexity index is 1470. The molecule has 0 saturated heterocycles. The molecule has 0 bridgehead atoms. The molecule has 0 heterocycles. The van der Waals surface area contributed by atoms with Crippen LogP contribution in [0.15, 0.2) is 85.1 Å². The molecule has 0 aliphatic heterocycles. The van der Waals surface area contributed by atoms with Crippen LogP contribution in [0.25, 0.3) is 0 Å². The Morgan fingerprint density at radius 1 is 0.438 bits per heavy atom. The first kappa shape index (κ1) is 61.2. The highest BCUT2D eigenvalue weighted by Gasteiger charge is 2.28. The molecule has 368 valence electrons. The number of carbonyl (C=O) groups is 2. The highest BCUT2D eigenvalue weighted by atomic mass is 31.2. The van der Waals surface area contributed by atoms with Crippen molar-refractivity contribution < 1.29 is 71.4 Å². The minimum atomic E-state index is -4.80. The van der Waals surface area contributed by atoms with Crippen molar-refractivity contribution in [2.24, 2.45) is 0 Å². The van der Waals surface area contributed by atoms with Crippen LogP contribution in [-0.4, -0.2) is 95.0 Å². The zero-order valence-electron chi connectivity index (χ0n) is 38.4. The fourth-order valence-corrected chi connectivity index (χ4v) is 6.98. The lowest BCUT2D eigenvalue weighted by molar-refractivity contribution is -0.148. The molecule has 64 heavy (non-hydrogen) atoms. The number of ether oxygens (including phenoxy) is 2. The normalized spacial score (nSPS) is 15.9. The van der Waals surface area contributed by atoms with Crippen LogP contribution in [0.3, 0.4) is 0 Å². The van der Waals surface area contributed by atoms with Crippen LogP contribution in [0.5, 0.6) is 0 Å². The SMILES string of the molecule is CC/C=C/C=C/C=C\C=C/C=C/CCCC(=O)OCC(O)COP(=O)(O)OCC(O)COP(=O)(O)OCC(O)COC(=O)CCCCCCCCCCC/C=C\C/C=C\CCCCC. The molecular weight excluding hydrogens is 866 g/mol. The molecule has 0 aliphatic rings. The van der Waals surface area contributed by atoms with E-state index in [0.29, 0.717) is 19.3 Å². The van der Waals surface area contributed by atoms with Crippen molar-refractivity contribution in [1.82, 2.24) is 0 Å². The third-order valence-corrected chi connectivity index (χ3v) is 10.9. The molecule has 0 aromatic heterocycles. The highest BCUT2D eigenvalue weighted by molar-refractivity contribution is 7.47. The Morgan fingerprint density at radius 2 is 0.797 bits per heavy atom. The number of aliphatic hydroxyl groups excluding tert-OH is 3. The number of unbranched alkanes of at least 4 members (excludes halogenated alkanes) is 13. The summed E-state index contributed by atoms with van der Waals surface area (Å²) in [7, 11) is -9.60. The zero-order chi connectivity index (χ0) is 47.4. The molecule has 0 amide bonds. The van der Waals surface area contributed by atoms with Crippen molar-refractivity contribution in [2.45, 2.75) is 161 Å². The van der Waals surface area contributed by atoms with Crippen molar-refractivity contribution in [3.8, 4) is 0 Å². The van der Waals surface area contributed by atoms with Crippen LogP contribution >= 0.6 is 15.6 Å². The number of hydrogen-bond acceptors (Lipinski definition) is 13. The summed E-state index contributed by atoms with van der Waals surface area (Å²) < 4.78 is 52.8. The summed E-state index contributed by atoms with van der Waals surface area (Å²) in [5.41, 5.74) is 0. The van der Waals surface area contributed by atoms with Crippen LogP contribution in [0.2, 0.25) is 0 Å². The third kappa shape index (κ3) is 44.4. The van der Waals surface area contributed by atoms with Gasteiger partial charge in [0.15, 0.2) is 0 Å². The molecule has 0 aliphatic carbocycles. The van der Waals surface area contributed by atoms with Crippen molar-refractivity contribution in [3.05, 3.63) is 85.1 Å². The second-order valence-corrected chi connectivity index (χ2v) is 18.1. The van der Waals surface area contributed by atoms with Gasteiger partial charge in [-0.15, -0.1) is 0 Å². The smallest absolute Gasteiger partial charge is 0.463 e. The fourth-order valence-electron chi connectivity index (χ4n) is 5.39. The first-order valence-electron chi connectivity index (χ1n) is 23.0. The maximum absolute atomic E-state index is 12.1. The van der Waals surface area contributed by atoms with Crippen LogP contribution < -0.4 is 0 Å². The van der Waals surface area contributed by atoms with Crippen molar-refractivity contribution in [1.29, 1.82) is 0 Å². The Labute approximate surface area is 383 Å². The average Bonchev–Trinajstić information content (AvgIpc) is 3.27. The van der Waals surface area contributed by atoms with Crippen LogP contribution in [-0.2, 0) is 46.3 Å². The van der Waals surface area contributed by atoms with Gasteiger partial charge in [-0.25, -0.2) is 9.13 Å². The number of hydrogen-bond donors (Lipinski definition) is 5. The van der Waals surface area contributed by atoms with Gasteiger partial charge in [-0.2, -0.15) is 0 Å². The summed E-state index contributed by atoms with van der Waals surface area (Å²) in [5, 5.41) is 30.0. The second kappa shape index (κ2) is 42.8. The van der Waals surface area contributed by atoms with E-state index >= 15 is 0 Å². The predicted octanol–water partition coefficient (Wildman–Crippen LogP) is 10.2. The molecule has 5 unspecified atom stereocenters. The Kier molecular flexibility index (Phi) is 41.0. The molecule has 0 fully saturated rings. The van der Waals surface area contributed by atoms with Gasteiger partial charge in [0.25, 0.3) is 0 Å². The Morgan fingerprint density at radius 3 is 1.25 bits per heavy atom. The number of rotatable bonds is 43. The van der Waals surface area contributed by atoms with Crippen molar-refractivity contribution in [2.75, 3.05) is 39.6 Å². The summed E-state index contributed by atoms with van der Waals surface area (Å²) in [6.07, 6.45) is 43.0. The molecule has 15 nitrogen and oxygen atoms in total. The molecule has 5 atom stereocenters. The number of carbonyl (C=O) groups excluding carboxylic acids is 2. The molecule has 0 radical (unpaired) electrons. The van der Waals surface area contributed by atoms with E-state index in [1.165, 1.54) is 57.8 Å². The first-order valence-corrected chi connectivity index (χ1v) is 26.0. The second-order valence-electron chi connectivity index (χ2n) is 15.2. The first-order chi connectivity index (χ1) is 30.8. The molecule has 0 spiro atoms. The van der Waals surface area contributed by atoms with Gasteiger partial charge in [0.1, 0.15) is 31.5 Å². The summed E-state index contributed by atoms with van der Waals surface area (Å²) in [6.45, 7) is 0.128. The highest BCUT2D eigenvalue weighted by Crippen LogP contribution is 2.45. The van der Waals surface area contributed by atoms with Gasteiger partial charge in [-0.1, -0.05) is 157 Å². The Balaban J connectivity index is 3.95. The standard InChI is InChI=1S/C47H80O15P2/c1-3-5-7-9-11-13-15-17-18-19-20-21-22-24-26-28-30-32-34-36-47(52)58-38-44(49)40-60-64(55,56)62-42-45(50)41-61-63(53,54)59-39-43(48)37-57-46(51)35-33-31-29-27-25-23-16-14-12-10-8-6-4-2/h6,8,10-14,16-18,23,25,27,29,43-45,48-50H,3-5,7,9,15,19-22,24,26,28,30-42H2,1-2H3,(H,53,54)(H,55,56)/b8-6+,12-10+,13-11-,16-14-,18-17-,25-23-,29-27+. The minimum absolute atomic E-state index is 0.0962. The summed E-state index contributed by atoms with van der Waals surface area (Å²) in [5.74, 6) is -1.08. The van der Waals surface area contributed by atoms with E-state index in [9.17, 15) is 43.8 Å². The van der Waals surface area contributed by atoms with Gasteiger partial charge in [0, 0.05) is 12.8 Å². The number of aliphatic hydroxyl groups is 3. The zero-order valence-corrected chi connectivity index (χ0v) is 40.2. The van der Waals surface area contributed by atoms with E-state index in [2.05, 4.69) is 62.3 Å². The topological polar surface area (TPSA) is 225 Å². The lowest BCUT2D eigenvalue weighted by atomic mass is 10.1. The van der Waals surface area contributed by atoms with Gasteiger partial charge in [-0.3, -0.25) is 27.7 Å². The molecule has 0 rings (SSSR count). The van der Waals surface area contributed by atoms with Crippen LogP contribution in [0.1, 0.15) is 142 Å². The number of phosphoric acid groups is 2. The quantitative estimate of drug-likeness (QED) is 0.0126. The van der Waals surface area contributed by atoms with Gasteiger partial charge in [-0.05, 0) is 57.8 Å². The van der Waals surface area contributed by atoms with Crippen molar-refractivity contribution >= 4 is 27.6 Å².